The normalized spacial score (nSPS) is 11.7. The van der Waals surface area contributed by atoms with Crippen LogP contribution in [0.3, 0.4) is 0 Å². The van der Waals surface area contributed by atoms with Gasteiger partial charge in [0.2, 0.25) is 5.91 Å². The van der Waals surface area contributed by atoms with E-state index in [1.165, 1.54) is 18.9 Å². The smallest absolute Gasteiger partial charge is 0.306 e. The molecule has 0 aromatic heterocycles. The van der Waals surface area contributed by atoms with Crippen LogP contribution in [0.15, 0.2) is 24.3 Å². The van der Waals surface area contributed by atoms with Gasteiger partial charge in [-0.25, -0.2) is 0 Å². The van der Waals surface area contributed by atoms with Crippen LogP contribution >= 0.6 is 23.4 Å². The van der Waals surface area contributed by atoms with E-state index in [-0.39, 0.29) is 17.1 Å². The van der Waals surface area contributed by atoms with Gasteiger partial charge in [0.1, 0.15) is 0 Å². The zero-order chi connectivity index (χ0) is 14.3. The van der Waals surface area contributed by atoms with E-state index >= 15 is 0 Å². The number of hydrogen-bond acceptors (Lipinski definition) is 4. The fraction of sp³-hybridized carbons (Fsp3) is 0.385. The van der Waals surface area contributed by atoms with Gasteiger partial charge in [-0.05, 0) is 31.2 Å². The van der Waals surface area contributed by atoms with Gasteiger partial charge in [0.05, 0.1) is 18.8 Å². The highest BCUT2D eigenvalue weighted by Gasteiger charge is 2.14. The van der Waals surface area contributed by atoms with Crippen molar-refractivity contribution in [3.05, 3.63) is 29.3 Å². The lowest BCUT2D eigenvalue weighted by molar-refractivity contribution is -0.140. The maximum Gasteiger partial charge on any atom is 0.306 e. The van der Waals surface area contributed by atoms with Crippen LogP contribution < -0.4 is 5.32 Å². The van der Waals surface area contributed by atoms with Crippen LogP contribution in [0.5, 0.6) is 0 Å². The number of benzene rings is 1. The highest BCUT2D eigenvalue weighted by Crippen LogP contribution is 2.17. The molecular formula is C13H16ClNO3S. The second-order valence-electron chi connectivity index (χ2n) is 3.84. The van der Waals surface area contributed by atoms with Crippen molar-refractivity contribution in [3.63, 3.8) is 0 Å². The van der Waals surface area contributed by atoms with E-state index in [1.807, 2.05) is 0 Å². The lowest BCUT2D eigenvalue weighted by atomic mass is 10.3. The Balaban J connectivity index is 2.36. The first-order valence-corrected chi connectivity index (χ1v) is 7.20. The third-order valence-electron chi connectivity index (χ3n) is 2.38. The Morgan fingerprint density at radius 1 is 1.37 bits per heavy atom. The van der Waals surface area contributed by atoms with Crippen molar-refractivity contribution in [3.8, 4) is 0 Å². The number of ether oxygens (including phenoxy) is 1. The SMILES string of the molecule is COC(=O)CCS[C@H](C)C(=O)Nc1ccc(Cl)cc1. The second-order valence-corrected chi connectivity index (χ2v) is 5.72. The monoisotopic (exact) mass is 301 g/mol. The number of amides is 1. The van der Waals surface area contributed by atoms with Crippen molar-refractivity contribution < 1.29 is 14.3 Å². The van der Waals surface area contributed by atoms with Crippen molar-refractivity contribution >= 4 is 40.9 Å². The first-order valence-electron chi connectivity index (χ1n) is 5.77. The number of esters is 1. The molecule has 6 heteroatoms. The predicted octanol–water partition coefficient (Wildman–Crippen LogP) is 2.96. The van der Waals surface area contributed by atoms with Gasteiger partial charge in [-0.2, -0.15) is 0 Å². The number of halogens is 1. The third-order valence-corrected chi connectivity index (χ3v) is 3.79. The van der Waals surface area contributed by atoms with Crippen molar-refractivity contribution in [2.45, 2.75) is 18.6 Å². The maximum atomic E-state index is 11.9. The molecule has 19 heavy (non-hydrogen) atoms. The molecule has 0 saturated carbocycles. The van der Waals surface area contributed by atoms with Crippen molar-refractivity contribution in [1.29, 1.82) is 0 Å². The van der Waals surface area contributed by atoms with Crippen molar-refractivity contribution in [2.24, 2.45) is 0 Å². The summed E-state index contributed by atoms with van der Waals surface area (Å²) >= 11 is 7.17. The van der Waals surface area contributed by atoms with Gasteiger partial charge in [0, 0.05) is 16.5 Å². The summed E-state index contributed by atoms with van der Waals surface area (Å²) in [6.07, 6.45) is 0.305. The molecule has 1 atom stereocenters. The molecule has 1 N–H and O–H groups in total. The molecule has 4 nitrogen and oxygen atoms in total. The minimum absolute atomic E-state index is 0.0998. The molecule has 1 rings (SSSR count). The van der Waals surface area contributed by atoms with Crippen LogP contribution in [0.2, 0.25) is 5.02 Å². The summed E-state index contributed by atoms with van der Waals surface area (Å²) in [6.45, 7) is 1.80. The van der Waals surface area contributed by atoms with E-state index in [0.717, 1.165) is 0 Å². The lowest BCUT2D eigenvalue weighted by Crippen LogP contribution is -2.23. The fourth-order valence-corrected chi connectivity index (χ4v) is 2.25. The molecule has 0 aliphatic rings. The summed E-state index contributed by atoms with van der Waals surface area (Å²) in [6, 6.07) is 6.91. The van der Waals surface area contributed by atoms with Gasteiger partial charge in [-0.1, -0.05) is 11.6 Å². The molecule has 1 amide bonds. The fourth-order valence-electron chi connectivity index (χ4n) is 1.27. The molecule has 0 aliphatic heterocycles. The van der Waals surface area contributed by atoms with Crippen LogP contribution in [0.1, 0.15) is 13.3 Å². The molecule has 0 heterocycles. The minimum atomic E-state index is -0.266. The zero-order valence-corrected chi connectivity index (χ0v) is 12.4. The van der Waals surface area contributed by atoms with Crippen LogP contribution in [0.4, 0.5) is 5.69 Å². The van der Waals surface area contributed by atoms with E-state index in [9.17, 15) is 9.59 Å². The van der Waals surface area contributed by atoms with Gasteiger partial charge in [-0.3, -0.25) is 9.59 Å². The Morgan fingerprint density at radius 3 is 2.58 bits per heavy atom. The lowest BCUT2D eigenvalue weighted by Gasteiger charge is -2.11. The molecule has 0 radical (unpaired) electrons. The number of hydrogen-bond donors (Lipinski definition) is 1. The first kappa shape index (κ1) is 15.9. The van der Waals surface area contributed by atoms with Crippen molar-refractivity contribution in [2.75, 3.05) is 18.2 Å². The van der Waals surface area contributed by atoms with Gasteiger partial charge in [0.15, 0.2) is 0 Å². The molecule has 0 fully saturated rings. The van der Waals surface area contributed by atoms with Crippen LogP contribution in [-0.2, 0) is 14.3 Å². The van der Waals surface area contributed by atoms with E-state index in [2.05, 4.69) is 10.1 Å². The highest BCUT2D eigenvalue weighted by molar-refractivity contribution is 8.00. The highest BCUT2D eigenvalue weighted by atomic mass is 35.5. The number of carbonyl (C=O) groups is 2. The van der Waals surface area contributed by atoms with Crippen LogP contribution in [0.25, 0.3) is 0 Å². The molecule has 0 saturated heterocycles. The molecular weight excluding hydrogens is 286 g/mol. The molecule has 1 aromatic carbocycles. The molecule has 104 valence electrons. The van der Waals surface area contributed by atoms with Crippen LogP contribution in [-0.4, -0.2) is 30.0 Å². The average molecular weight is 302 g/mol. The number of rotatable bonds is 6. The Kier molecular flexibility index (Phi) is 6.73. The average Bonchev–Trinajstić information content (AvgIpc) is 2.40. The number of carbonyl (C=O) groups excluding carboxylic acids is 2. The summed E-state index contributed by atoms with van der Waals surface area (Å²) in [5.74, 6) is 0.192. The maximum absolute atomic E-state index is 11.9. The molecule has 0 aliphatic carbocycles. The Bertz CT molecular complexity index is 436. The predicted molar refractivity (Wildman–Crippen MR) is 78.6 cm³/mol. The number of thioether (sulfide) groups is 1. The van der Waals surface area contributed by atoms with E-state index in [1.54, 1.807) is 31.2 Å². The quantitative estimate of drug-likeness (QED) is 0.821. The largest absolute Gasteiger partial charge is 0.469 e. The molecule has 1 aromatic rings. The van der Waals surface area contributed by atoms with E-state index in [0.29, 0.717) is 22.9 Å². The van der Waals surface area contributed by atoms with Gasteiger partial charge >= 0.3 is 5.97 Å². The zero-order valence-electron chi connectivity index (χ0n) is 10.8. The Labute approximate surface area is 121 Å². The second kappa shape index (κ2) is 8.07. The summed E-state index contributed by atoms with van der Waals surface area (Å²) in [5, 5.41) is 3.17. The number of anilines is 1. The minimum Gasteiger partial charge on any atom is -0.469 e. The van der Waals surface area contributed by atoms with Crippen LogP contribution in [0, 0.1) is 0 Å². The van der Waals surface area contributed by atoms with Gasteiger partial charge in [0.25, 0.3) is 0 Å². The van der Waals surface area contributed by atoms with E-state index in [4.69, 9.17) is 11.6 Å². The standard InChI is InChI=1S/C13H16ClNO3S/c1-9(19-8-7-12(16)18-2)13(17)15-11-5-3-10(14)4-6-11/h3-6,9H,7-8H2,1-2H3,(H,15,17)/t9-/m1/s1. The number of nitrogens with one attached hydrogen (secondary N) is 1. The number of methoxy groups -OCH3 is 1. The summed E-state index contributed by atoms with van der Waals surface area (Å²) in [5.41, 5.74) is 0.704. The third kappa shape index (κ3) is 5.98. The van der Waals surface area contributed by atoms with Gasteiger partial charge < -0.3 is 10.1 Å². The summed E-state index contributed by atoms with van der Waals surface area (Å²) in [4.78, 5) is 22.8. The summed E-state index contributed by atoms with van der Waals surface area (Å²) in [7, 11) is 1.35. The molecule has 0 spiro atoms. The van der Waals surface area contributed by atoms with Gasteiger partial charge in [-0.15, -0.1) is 11.8 Å². The van der Waals surface area contributed by atoms with E-state index < -0.39 is 0 Å². The Hall–Kier alpha value is -1.20. The van der Waals surface area contributed by atoms with Crippen molar-refractivity contribution in [1.82, 2.24) is 0 Å². The molecule has 0 unspecified atom stereocenters. The summed E-state index contributed by atoms with van der Waals surface area (Å²) < 4.78 is 4.53. The Morgan fingerprint density at radius 2 is 2.00 bits per heavy atom. The topological polar surface area (TPSA) is 55.4 Å². The first-order chi connectivity index (χ1) is 9.02. The molecule has 0 bridgehead atoms.